The van der Waals surface area contributed by atoms with Crippen molar-refractivity contribution in [1.82, 2.24) is 13.9 Å². The van der Waals surface area contributed by atoms with Gasteiger partial charge in [0.25, 0.3) is 0 Å². The molecule has 0 radical (unpaired) electrons. The van der Waals surface area contributed by atoms with E-state index in [0.29, 0.717) is 36.9 Å². The van der Waals surface area contributed by atoms with Crippen LogP contribution in [0, 0.1) is 0 Å². The fraction of sp³-hybridized carbons (Fsp3) is 0.391. The summed E-state index contributed by atoms with van der Waals surface area (Å²) in [5.74, 6) is 1.61. The smallest absolute Gasteiger partial charge is 0.244 e. The Labute approximate surface area is 199 Å². The number of fused-ring (bicyclic) bond motifs is 1. The SMILES string of the molecule is CCOc1ccc(S(=O)(=O)N(CC)CC)cc1NC(=O)Cn1c(CSC)nc2ccccc21. The maximum absolute atomic E-state index is 13.1. The summed E-state index contributed by atoms with van der Waals surface area (Å²) < 4.78 is 34.9. The lowest BCUT2D eigenvalue weighted by Crippen LogP contribution is -2.30. The van der Waals surface area contributed by atoms with Gasteiger partial charge in [0.05, 0.1) is 34.0 Å². The molecule has 0 spiro atoms. The van der Waals surface area contributed by atoms with E-state index in [9.17, 15) is 13.2 Å². The molecule has 1 N–H and O–H groups in total. The molecule has 8 nitrogen and oxygen atoms in total. The number of amides is 1. The van der Waals surface area contributed by atoms with Crippen LogP contribution in [0.15, 0.2) is 47.4 Å². The summed E-state index contributed by atoms with van der Waals surface area (Å²) in [5, 5.41) is 2.85. The summed E-state index contributed by atoms with van der Waals surface area (Å²) in [4.78, 5) is 17.8. The summed E-state index contributed by atoms with van der Waals surface area (Å²) in [6.45, 7) is 6.57. The van der Waals surface area contributed by atoms with Gasteiger partial charge < -0.3 is 14.6 Å². The topological polar surface area (TPSA) is 93.5 Å². The Morgan fingerprint density at radius 1 is 1.15 bits per heavy atom. The Bertz CT molecular complexity index is 1220. The quantitative estimate of drug-likeness (QED) is 0.437. The molecule has 0 saturated heterocycles. The van der Waals surface area contributed by atoms with Crippen LogP contribution in [0.5, 0.6) is 5.75 Å². The van der Waals surface area contributed by atoms with Gasteiger partial charge in [-0.05, 0) is 43.5 Å². The summed E-state index contributed by atoms with van der Waals surface area (Å²) >= 11 is 1.63. The average Bonchev–Trinajstić information content (AvgIpc) is 3.13. The first-order chi connectivity index (χ1) is 15.8. The molecule has 0 atom stereocenters. The Morgan fingerprint density at radius 2 is 1.88 bits per heavy atom. The van der Waals surface area contributed by atoms with Gasteiger partial charge in [0.2, 0.25) is 15.9 Å². The monoisotopic (exact) mass is 490 g/mol. The van der Waals surface area contributed by atoms with Crippen molar-refractivity contribution in [2.75, 3.05) is 31.3 Å². The van der Waals surface area contributed by atoms with Crippen LogP contribution in [0.3, 0.4) is 0 Å². The number of nitrogens with zero attached hydrogens (tertiary/aromatic N) is 3. The van der Waals surface area contributed by atoms with Gasteiger partial charge in [-0.25, -0.2) is 13.4 Å². The highest BCUT2D eigenvalue weighted by Crippen LogP contribution is 2.29. The van der Waals surface area contributed by atoms with Crippen molar-refractivity contribution in [2.24, 2.45) is 0 Å². The summed E-state index contributed by atoms with van der Waals surface area (Å²) in [6.07, 6.45) is 1.99. The molecule has 0 fully saturated rings. The first-order valence-corrected chi connectivity index (χ1v) is 13.7. The molecule has 0 bridgehead atoms. The number of aromatic nitrogens is 2. The van der Waals surface area contributed by atoms with Crippen molar-refractivity contribution >= 4 is 44.4 Å². The molecule has 0 unspecified atom stereocenters. The largest absolute Gasteiger partial charge is 0.492 e. The van der Waals surface area contributed by atoms with Gasteiger partial charge in [0.1, 0.15) is 18.1 Å². The van der Waals surface area contributed by atoms with E-state index in [1.807, 2.05) is 42.0 Å². The van der Waals surface area contributed by atoms with Crippen molar-refractivity contribution < 1.29 is 17.9 Å². The molecule has 0 aliphatic heterocycles. The molecule has 3 aromatic rings. The summed E-state index contributed by atoms with van der Waals surface area (Å²) in [5.41, 5.74) is 2.03. The predicted octanol–water partition coefficient (Wildman–Crippen LogP) is 3.97. The molecular formula is C23H30N4O4S2. The Hall–Kier alpha value is -2.56. The molecule has 0 aliphatic rings. The number of hydrogen-bond acceptors (Lipinski definition) is 6. The van der Waals surface area contributed by atoms with E-state index in [1.54, 1.807) is 31.7 Å². The van der Waals surface area contributed by atoms with Gasteiger partial charge >= 0.3 is 0 Å². The number of nitrogens with one attached hydrogen (secondary N) is 1. The highest BCUT2D eigenvalue weighted by molar-refractivity contribution is 7.97. The van der Waals surface area contributed by atoms with Gasteiger partial charge in [0, 0.05) is 13.1 Å². The van der Waals surface area contributed by atoms with E-state index >= 15 is 0 Å². The van der Waals surface area contributed by atoms with Crippen molar-refractivity contribution in [3.63, 3.8) is 0 Å². The maximum atomic E-state index is 13.1. The molecule has 2 aromatic carbocycles. The van der Waals surface area contributed by atoms with Gasteiger partial charge in [-0.2, -0.15) is 16.1 Å². The third-order valence-electron chi connectivity index (χ3n) is 5.18. The second-order valence-corrected chi connectivity index (χ2v) is 10.1. The van der Waals surface area contributed by atoms with E-state index in [4.69, 9.17) is 4.74 Å². The van der Waals surface area contributed by atoms with E-state index < -0.39 is 10.0 Å². The zero-order valence-electron chi connectivity index (χ0n) is 19.4. The second-order valence-electron chi connectivity index (χ2n) is 7.26. The predicted molar refractivity (Wildman–Crippen MR) is 133 cm³/mol. The number of sulfonamides is 1. The number of para-hydroxylation sites is 2. The van der Waals surface area contributed by atoms with Gasteiger partial charge in [-0.1, -0.05) is 26.0 Å². The third-order valence-corrected chi connectivity index (χ3v) is 7.77. The van der Waals surface area contributed by atoms with E-state index in [0.717, 1.165) is 16.9 Å². The van der Waals surface area contributed by atoms with Crippen LogP contribution >= 0.6 is 11.8 Å². The van der Waals surface area contributed by atoms with Crippen LogP contribution < -0.4 is 10.1 Å². The minimum atomic E-state index is -3.68. The Morgan fingerprint density at radius 3 is 2.55 bits per heavy atom. The van der Waals surface area contributed by atoms with Crippen molar-refractivity contribution in [2.45, 2.75) is 38.0 Å². The summed E-state index contributed by atoms with van der Waals surface area (Å²) in [6, 6.07) is 12.2. The molecule has 3 rings (SSSR count). The molecule has 10 heteroatoms. The van der Waals surface area contributed by atoms with Crippen LogP contribution in [-0.4, -0.2) is 54.1 Å². The third kappa shape index (κ3) is 5.51. The van der Waals surface area contributed by atoms with Gasteiger partial charge in [-0.15, -0.1) is 0 Å². The highest BCUT2D eigenvalue weighted by Gasteiger charge is 2.23. The van der Waals surface area contributed by atoms with Crippen molar-refractivity contribution in [3.8, 4) is 5.75 Å². The lowest BCUT2D eigenvalue weighted by atomic mass is 10.3. The maximum Gasteiger partial charge on any atom is 0.244 e. The average molecular weight is 491 g/mol. The molecule has 0 aliphatic carbocycles. The van der Waals surface area contributed by atoms with Gasteiger partial charge in [-0.3, -0.25) is 4.79 Å². The minimum Gasteiger partial charge on any atom is -0.492 e. The minimum absolute atomic E-state index is 0.0506. The highest BCUT2D eigenvalue weighted by atomic mass is 32.2. The number of imidazole rings is 1. The first-order valence-electron chi connectivity index (χ1n) is 10.9. The fourth-order valence-corrected chi connectivity index (χ4v) is 5.60. The molecule has 1 aromatic heterocycles. The summed E-state index contributed by atoms with van der Waals surface area (Å²) in [7, 11) is -3.68. The number of thioether (sulfide) groups is 1. The number of anilines is 1. The molecule has 33 heavy (non-hydrogen) atoms. The standard InChI is InChI=1S/C23H30N4O4S2/c1-5-26(6-2)33(29,30)17-12-13-21(31-7-3)19(14-17)25-23(28)15-27-20-11-9-8-10-18(20)24-22(27)16-32-4/h8-14H,5-7,15-16H2,1-4H3,(H,25,28). The van der Waals surface area contributed by atoms with E-state index in [2.05, 4.69) is 10.3 Å². The van der Waals surface area contributed by atoms with E-state index in [-0.39, 0.29) is 17.3 Å². The zero-order chi connectivity index (χ0) is 24.0. The number of benzene rings is 2. The molecule has 0 saturated carbocycles. The number of hydrogen-bond donors (Lipinski definition) is 1. The second kappa shape index (κ2) is 11.0. The lowest BCUT2D eigenvalue weighted by Gasteiger charge is -2.20. The van der Waals surface area contributed by atoms with Crippen LogP contribution in [-0.2, 0) is 27.1 Å². The lowest BCUT2D eigenvalue weighted by molar-refractivity contribution is -0.116. The first kappa shape index (κ1) is 25.1. The van der Waals surface area contributed by atoms with Crippen LogP contribution in [0.25, 0.3) is 11.0 Å². The molecule has 1 heterocycles. The molecular weight excluding hydrogens is 460 g/mol. The van der Waals surface area contributed by atoms with Gasteiger partial charge in [0.15, 0.2) is 0 Å². The van der Waals surface area contributed by atoms with Crippen LogP contribution in [0.4, 0.5) is 5.69 Å². The molecule has 1 amide bonds. The fourth-order valence-electron chi connectivity index (χ4n) is 3.64. The zero-order valence-corrected chi connectivity index (χ0v) is 21.0. The van der Waals surface area contributed by atoms with Crippen molar-refractivity contribution in [1.29, 1.82) is 0 Å². The number of rotatable bonds is 11. The van der Waals surface area contributed by atoms with Crippen LogP contribution in [0.1, 0.15) is 26.6 Å². The van der Waals surface area contributed by atoms with Crippen LogP contribution in [0.2, 0.25) is 0 Å². The Kier molecular flexibility index (Phi) is 8.39. The Balaban J connectivity index is 1.93. The number of carbonyl (C=O) groups excluding carboxylic acids is 1. The molecule has 178 valence electrons. The number of ether oxygens (including phenoxy) is 1. The van der Waals surface area contributed by atoms with E-state index in [1.165, 1.54) is 16.4 Å². The van der Waals surface area contributed by atoms with Crippen molar-refractivity contribution in [3.05, 3.63) is 48.3 Å². The normalized spacial score (nSPS) is 11.8. The number of carbonyl (C=O) groups is 1.